The molecule has 1 rings (SSSR count). The third kappa shape index (κ3) is 5.05. The molecular weight excluding hydrogens is 232 g/mol. The molecule has 0 saturated heterocycles. The average molecular weight is 255 g/mol. The molecule has 2 nitrogen and oxygen atoms in total. The van der Waals surface area contributed by atoms with Crippen molar-refractivity contribution in [1.82, 2.24) is 10.3 Å². The molecule has 1 heterocycles. The van der Waals surface area contributed by atoms with E-state index < -0.39 is 0 Å². The van der Waals surface area contributed by atoms with Crippen molar-refractivity contribution in [3.05, 3.63) is 29.0 Å². The first kappa shape index (κ1) is 14.5. The van der Waals surface area contributed by atoms with Crippen molar-refractivity contribution in [2.45, 2.75) is 46.1 Å². The summed E-state index contributed by atoms with van der Waals surface area (Å²) in [6.07, 6.45) is 5.28. The second-order valence-corrected chi connectivity index (χ2v) is 6.07. The number of hydrogen-bond acceptors (Lipinski definition) is 2. The van der Waals surface area contributed by atoms with Crippen LogP contribution in [0.5, 0.6) is 0 Å². The lowest BCUT2D eigenvalue weighted by Crippen LogP contribution is -2.18. The van der Waals surface area contributed by atoms with Crippen LogP contribution in [-0.4, -0.2) is 12.0 Å². The normalized spacial score (nSPS) is 13.7. The third-order valence-corrected chi connectivity index (χ3v) is 3.20. The van der Waals surface area contributed by atoms with Crippen LogP contribution in [0.1, 0.15) is 51.8 Å². The van der Waals surface area contributed by atoms with Gasteiger partial charge in [0.15, 0.2) is 0 Å². The van der Waals surface area contributed by atoms with Crippen LogP contribution in [0.15, 0.2) is 18.3 Å². The van der Waals surface area contributed by atoms with Gasteiger partial charge in [0.2, 0.25) is 0 Å². The third-order valence-electron chi connectivity index (χ3n) is 2.89. The summed E-state index contributed by atoms with van der Waals surface area (Å²) >= 11 is 6.16. The maximum Gasteiger partial charge on any atom is 0.0758 e. The molecule has 0 aliphatic heterocycles. The van der Waals surface area contributed by atoms with E-state index in [2.05, 4.69) is 31.1 Å². The van der Waals surface area contributed by atoms with E-state index in [4.69, 9.17) is 11.6 Å². The minimum atomic E-state index is 0.256. The molecule has 96 valence electrons. The van der Waals surface area contributed by atoms with Gasteiger partial charge in [-0.1, -0.05) is 38.8 Å². The van der Waals surface area contributed by atoms with Gasteiger partial charge >= 0.3 is 0 Å². The smallest absolute Gasteiger partial charge is 0.0758 e. The predicted molar refractivity (Wildman–Crippen MR) is 74.4 cm³/mol. The molecule has 0 bridgehead atoms. The Morgan fingerprint density at radius 2 is 2.12 bits per heavy atom. The van der Waals surface area contributed by atoms with E-state index in [9.17, 15) is 0 Å². The van der Waals surface area contributed by atoms with Crippen LogP contribution < -0.4 is 5.32 Å². The summed E-state index contributed by atoms with van der Waals surface area (Å²) in [6, 6.07) is 4.03. The summed E-state index contributed by atoms with van der Waals surface area (Å²) in [5, 5.41) is 4.05. The maximum atomic E-state index is 6.16. The zero-order valence-electron chi connectivity index (χ0n) is 11.3. The van der Waals surface area contributed by atoms with E-state index in [-0.39, 0.29) is 6.04 Å². The molecule has 0 radical (unpaired) electrons. The van der Waals surface area contributed by atoms with E-state index in [0.29, 0.717) is 5.41 Å². The van der Waals surface area contributed by atoms with Gasteiger partial charge in [0.25, 0.3) is 0 Å². The fourth-order valence-corrected chi connectivity index (χ4v) is 2.16. The van der Waals surface area contributed by atoms with Gasteiger partial charge in [0.05, 0.1) is 16.8 Å². The Bertz CT molecular complexity index is 344. The largest absolute Gasteiger partial charge is 0.312 e. The summed E-state index contributed by atoms with van der Waals surface area (Å²) in [5.41, 5.74) is 1.36. The topological polar surface area (TPSA) is 24.9 Å². The maximum absolute atomic E-state index is 6.16. The molecule has 1 aromatic heterocycles. The molecule has 1 atom stereocenters. The van der Waals surface area contributed by atoms with Gasteiger partial charge < -0.3 is 5.32 Å². The molecule has 1 N–H and O–H groups in total. The molecule has 1 unspecified atom stereocenters. The zero-order valence-corrected chi connectivity index (χ0v) is 12.0. The fraction of sp³-hybridized carbons (Fsp3) is 0.643. The van der Waals surface area contributed by atoms with Crippen molar-refractivity contribution >= 4 is 11.6 Å². The van der Waals surface area contributed by atoms with Gasteiger partial charge in [-0.2, -0.15) is 0 Å². The molecule has 1 aromatic rings. The van der Waals surface area contributed by atoms with Crippen molar-refractivity contribution in [2.75, 3.05) is 7.05 Å². The van der Waals surface area contributed by atoms with Crippen LogP contribution in [0.2, 0.25) is 5.02 Å². The summed E-state index contributed by atoms with van der Waals surface area (Å²) in [7, 11) is 1.97. The molecule has 3 heteroatoms. The Hall–Kier alpha value is -0.600. The van der Waals surface area contributed by atoms with Crippen molar-refractivity contribution in [2.24, 2.45) is 5.41 Å². The summed E-state index contributed by atoms with van der Waals surface area (Å²) in [5.74, 6) is 0. The lowest BCUT2D eigenvalue weighted by atomic mass is 9.88. The lowest BCUT2D eigenvalue weighted by Gasteiger charge is -2.21. The van der Waals surface area contributed by atoms with E-state index in [1.807, 2.05) is 19.2 Å². The van der Waals surface area contributed by atoms with Crippen molar-refractivity contribution in [3.63, 3.8) is 0 Å². The molecule has 0 aliphatic rings. The number of aromatic nitrogens is 1. The van der Waals surface area contributed by atoms with Crippen LogP contribution in [0.3, 0.4) is 0 Å². The first-order valence-electron chi connectivity index (χ1n) is 6.22. The predicted octanol–water partition coefficient (Wildman–Crippen LogP) is 4.21. The summed E-state index contributed by atoms with van der Waals surface area (Å²) in [6.45, 7) is 6.82. The average Bonchev–Trinajstić information content (AvgIpc) is 2.24. The van der Waals surface area contributed by atoms with Gasteiger partial charge in [-0.05, 0) is 37.4 Å². The number of nitrogens with zero attached hydrogens (tertiary/aromatic N) is 1. The van der Waals surface area contributed by atoms with Gasteiger partial charge in [0, 0.05) is 6.20 Å². The molecular formula is C14H23ClN2. The van der Waals surface area contributed by atoms with Crippen molar-refractivity contribution in [3.8, 4) is 0 Å². The second kappa shape index (κ2) is 6.36. The van der Waals surface area contributed by atoms with Crippen LogP contribution >= 0.6 is 11.6 Å². The van der Waals surface area contributed by atoms with Crippen LogP contribution in [-0.2, 0) is 0 Å². The van der Waals surface area contributed by atoms with Gasteiger partial charge in [-0.25, -0.2) is 0 Å². The van der Waals surface area contributed by atoms with Gasteiger partial charge in [0.1, 0.15) is 0 Å². The first-order chi connectivity index (χ1) is 7.94. The molecule has 0 fully saturated rings. The highest BCUT2D eigenvalue weighted by Gasteiger charge is 2.16. The van der Waals surface area contributed by atoms with E-state index in [1.165, 1.54) is 12.8 Å². The summed E-state index contributed by atoms with van der Waals surface area (Å²) < 4.78 is 0. The number of nitrogens with one attached hydrogen (secondary N) is 1. The van der Waals surface area contributed by atoms with Crippen molar-refractivity contribution in [1.29, 1.82) is 0 Å². The summed E-state index contributed by atoms with van der Waals surface area (Å²) in [4.78, 5) is 4.37. The fourth-order valence-electron chi connectivity index (χ4n) is 1.91. The second-order valence-electron chi connectivity index (χ2n) is 5.66. The highest BCUT2D eigenvalue weighted by Crippen LogP contribution is 2.27. The minimum Gasteiger partial charge on any atom is -0.312 e. The Balaban J connectivity index is 2.58. The Morgan fingerprint density at radius 1 is 1.41 bits per heavy atom. The zero-order chi connectivity index (χ0) is 12.9. The quantitative estimate of drug-likeness (QED) is 0.851. The Labute approximate surface area is 110 Å². The monoisotopic (exact) mass is 254 g/mol. The number of hydrogen-bond donors (Lipinski definition) is 1. The standard InChI is InChI=1S/C14H23ClN2/c1-14(2,3)9-5-8-12(16-4)13-11(15)7-6-10-17-13/h6-7,10,12,16H,5,8-9H2,1-4H3. The number of halogens is 1. The van der Waals surface area contributed by atoms with Gasteiger partial charge in [-0.3, -0.25) is 4.98 Å². The highest BCUT2D eigenvalue weighted by atomic mass is 35.5. The van der Waals surface area contributed by atoms with Crippen LogP contribution in [0.4, 0.5) is 0 Å². The lowest BCUT2D eigenvalue weighted by molar-refractivity contribution is 0.346. The van der Waals surface area contributed by atoms with E-state index >= 15 is 0 Å². The number of rotatable bonds is 5. The highest BCUT2D eigenvalue weighted by molar-refractivity contribution is 6.31. The van der Waals surface area contributed by atoms with E-state index in [1.54, 1.807) is 6.20 Å². The van der Waals surface area contributed by atoms with Crippen LogP contribution in [0.25, 0.3) is 0 Å². The Morgan fingerprint density at radius 3 is 2.65 bits per heavy atom. The molecule has 0 aliphatic carbocycles. The first-order valence-corrected chi connectivity index (χ1v) is 6.59. The molecule has 0 saturated carbocycles. The Kier molecular flexibility index (Phi) is 5.41. The minimum absolute atomic E-state index is 0.256. The molecule has 0 amide bonds. The van der Waals surface area contributed by atoms with Gasteiger partial charge in [-0.15, -0.1) is 0 Å². The molecule has 17 heavy (non-hydrogen) atoms. The molecule has 0 aromatic carbocycles. The SMILES string of the molecule is CNC(CCCC(C)(C)C)c1ncccc1Cl. The van der Waals surface area contributed by atoms with Crippen LogP contribution in [0, 0.1) is 5.41 Å². The van der Waals surface area contributed by atoms with E-state index in [0.717, 1.165) is 17.1 Å². The van der Waals surface area contributed by atoms with Crippen molar-refractivity contribution < 1.29 is 0 Å². The number of pyridine rings is 1. The molecule has 0 spiro atoms.